The molecule has 0 atom stereocenters. The van der Waals surface area contributed by atoms with Crippen LogP contribution in [-0.4, -0.2) is 16.1 Å². The van der Waals surface area contributed by atoms with Crippen molar-refractivity contribution in [3.05, 3.63) is 58.9 Å². The van der Waals surface area contributed by atoms with Gasteiger partial charge in [-0.3, -0.25) is 4.98 Å². The van der Waals surface area contributed by atoms with Gasteiger partial charge in [-0.1, -0.05) is 17.7 Å². The summed E-state index contributed by atoms with van der Waals surface area (Å²) in [6, 6.07) is 8.34. The zero-order valence-electron chi connectivity index (χ0n) is 9.34. The van der Waals surface area contributed by atoms with Crippen molar-refractivity contribution in [2.24, 2.45) is 0 Å². The molecule has 92 valence electrons. The van der Waals surface area contributed by atoms with Crippen molar-refractivity contribution in [1.29, 1.82) is 0 Å². The van der Waals surface area contributed by atoms with E-state index in [0.717, 1.165) is 5.56 Å². The van der Waals surface area contributed by atoms with Gasteiger partial charge in [-0.15, -0.1) is 0 Å². The van der Waals surface area contributed by atoms with E-state index in [2.05, 4.69) is 4.98 Å². The molecule has 0 aliphatic carbocycles. The van der Waals surface area contributed by atoms with Crippen LogP contribution in [0.1, 0.15) is 15.9 Å². The molecule has 0 bridgehead atoms. The van der Waals surface area contributed by atoms with Gasteiger partial charge < -0.3 is 9.84 Å². The van der Waals surface area contributed by atoms with Gasteiger partial charge in [0.15, 0.2) is 0 Å². The Morgan fingerprint density at radius 2 is 2.00 bits per heavy atom. The first-order valence-electron chi connectivity index (χ1n) is 5.22. The van der Waals surface area contributed by atoms with Crippen LogP contribution in [0.3, 0.4) is 0 Å². The number of ether oxygens (including phenoxy) is 1. The molecule has 0 aliphatic heterocycles. The number of nitrogens with zero attached hydrogens (tertiary/aromatic N) is 1. The van der Waals surface area contributed by atoms with Crippen LogP contribution in [0.5, 0.6) is 5.75 Å². The molecule has 4 nitrogen and oxygen atoms in total. The van der Waals surface area contributed by atoms with Crippen molar-refractivity contribution >= 4 is 17.6 Å². The van der Waals surface area contributed by atoms with Crippen molar-refractivity contribution in [2.45, 2.75) is 6.61 Å². The standard InChI is InChI=1S/C13H10ClNO3/c14-10-2-1-3-11(12(10)13(16)17)18-8-9-4-6-15-7-5-9/h1-7H,8H2,(H,16,17). The molecule has 0 aliphatic rings. The van der Waals surface area contributed by atoms with E-state index in [1.807, 2.05) is 0 Å². The third-order valence-corrected chi connectivity index (χ3v) is 2.65. The van der Waals surface area contributed by atoms with E-state index in [-0.39, 0.29) is 22.9 Å². The lowest BCUT2D eigenvalue weighted by Crippen LogP contribution is -2.04. The zero-order chi connectivity index (χ0) is 13.0. The molecule has 0 spiro atoms. The van der Waals surface area contributed by atoms with Crippen molar-refractivity contribution in [1.82, 2.24) is 4.98 Å². The summed E-state index contributed by atoms with van der Waals surface area (Å²) < 4.78 is 5.47. The van der Waals surface area contributed by atoms with Crippen molar-refractivity contribution in [3.8, 4) is 5.75 Å². The van der Waals surface area contributed by atoms with Crippen molar-refractivity contribution < 1.29 is 14.6 Å². The Morgan fingerprint density at radius 1 is 1.28 bits per heavy atom. The molecule has 0 radical (unpaired) electrons. The largest absolute Gasteiger partial charge is 0.488 e. The Balaban J connectivity index is 2.20. The monoisotopic (exact) mass is 263 g/mol. The average molecular weight is 264 g/mol. The SMILES string of the molecule is O=C(O)c1c(Cl)cccc1OCc1ccncc1. The van der Waals surface area contributed by atoms with Crippen LogP contribution in [0.4, 0.5) is 0 Å². The minimum Gasteiger partial charge on any atom is -0.488 e. The van der Waals surface area contributed by atoms with Crippen LogP contribution in [-0.2, 0) is 6.61 Å². The van der Waals surface area contributed by atoms with Crippen LogP contribution < -0.4 is 4.74 Å². The zero-order valence-corrected chi connectivity index (χ0v) is 10.1. The van der Waals surface area contributed by atoms with E-state index in [4.69, 9.17) is 21.4 Å². The molecular formula is C13H10ClNO3. The second-order valence-electron chi connectivity index (χ2n) is 3.56. The summed E-state index contributed by atoms with van der Waals surface area (Å²) in [5.41, 5.74) is 0.884. The van der Waals surface area contributed by atoms with E-state index in [9.17, 15) is 4.79 Å². The molecule has 1 aromatic carbocycles. The topological polar surface area (TPSA) is 59.4 Å². The third kappa shape index (κ3) is 2.78. The lowest BCUT2D eigenvalue weighted by Gasteiger charge is -2.10. The number of aromatic carboxylic acids is 1. The molecule has 2 rings (SSSR count). The maximum atomic E-state index is 11.1. The lowest BCUT2D eigenvalue weighted by molar-refractivity contribution is 0.0692. The smallest absolute Gasteiger partial charge is 0.341 e. The van der Waals surface area contributed by atoms with E-state index < -0.39 is 5.97 Å². The Hall–Kier alpha value is -2.07. The minimum absolute atomic E-state index is 0.0202. The van der Waals surface area contributed by atoms with Gasteiger partial charge in [-0.05, 0) is 29.8 Å². The van der Waals surface area contributed by atoms with Crippen LogP contribution in [0.25, 0.3) is 0 Å². The van der Waals surface area contributed by atoms with E-state index in [1.54, 1.807) is 36.7 Å². The lowest BCUT2D eigenvalue weighted by atomic mass is 10.2. The number of carboxylic acids is 1. The van der Waals surface area contributed by atoms with E-state index in [0.29, 0.717) is 0 Å². The Bertz CT molecular complexity index is 557. The van der Waals surface area contributed by atoms with Crippen LogP contribution in [0.2, 0.25) is 5.02 Å². The molecule has 1 heterocycles. The predicted octanol–water partition coefficient (Wildman–Crippen LogP) is 3.01. The second kappa shape index (κ2) is 5.51. The number of pyridine rings is 1. The van der Waals surface area contributed by atoms with Crippen molar-refractivity contribution in [3.63, 3.8) is 0 Å². The summed E-state index contributed by atoms with van der Waals surface area (Å²) in [5, 5.41) is 9.23. The Morgan fingerprint density at radius 3 is 2.67 bits per heavy atom. The number of hydrogen-bond acceptors (Lipinski definition) is 3. The molecule has 2 aromatic rings. The first-order chi connectivity index (χ1) is 8.68. The van der Waals surface area contributed by atoms with Crippen LogP contribution in [0.15, 0.2) is 42.7 Å². The number of halogens is 1. The highest BCUT2D eigenvalue weighted by molar-refractivity contribution is 6.33. The molecule has 18 heavy (non-hydrogen) atoms. The van der Waals surface area contributed by atoms with Gasteiger partial charge in [0.05, 0.1) is 5.02 Å². The first-order valence-corrected chi connectivity index (χ1v) is 5.60. The normalized spacial score (nSPS) is 10.1. The Labute approximate surface area is 109 Å². The average Bonchev–Trinajstić information content (AvgIpc) is 2.37. The van der Waals surface area contributed by atoms with Gasteiger partial charge in [0.1, 0.15) is 17.9 Å². The minimum atomic E-state index is -1.11. The number of carboxylic acid groups (broad SMARTS) is 1. The maximum absolute atomic E-state index is 11.1. The number of benzene rings is 1. The van der Waals surface area contributed by atoms with E-state index in [1.165, 1.54) is 6.07 Å². The molecule has 0 fully saturated rings. The highest BCUT2D eigenvalue weighted by Crippen LogP contribution is 2.26. The molecular weight excluding hydrogens is 254 g/mol. The molecule has 1 aromatic heterocycles. The predicted molar refractivity (Wildman–Crippen MR) is 67.0 cm³/mol. The molecule has 5 heteroatoms. The van der Waals surface area contributed by atoms with Gasteiger partial charge in [0, 0.05) is 12.4 Å². The summed E-state index contributed by atoms with van der Waals surface area (Å²) in [5.74, 6) is -0.850. The summed E-state index contributed by atoms with van der Waals surface area (Å²) in [6.07, 6.45) is 3.30. The Kier molecular flexibility index (Phi) is 3.79. The van der Waals surface area contributed by atoms with Gasteiger partial charge in [-0.2, -0.15) is 0 Å². The number of aromatic nitrogens is 1. The second-order valence-corrected chi connectivity index (χ2v) is 3.97. The summed E-state index contributed by atoms with van der Waals surface area (Å²) >= 11 is 5.84. The van der Waals surface area contributed by atoms with Crippen LogP contribution >= 0.6 is 11.6 Å². The first kappa shape index (κ1) is 12.4. The maximum Gasteiger partial charge on any atom is 0.341 e. The molecule has 0 amide bonds. The summed E-state index contributed by atoms with van der Waals surface area (Å²) in [7, 11) is 0. The van der Waals surface area contributed by atoms with Gasteiger partial charge in [0.25, 0.3) is 0 Å². The number of carbonyl (C=O) groups is 1. The quantitative estimate of drug-likeness (QED) is 0.921. The van der Waals surface area contributed by atoms with Crippen LogP contribution in [0, 0.1) is 0 Å². The van der Waals surface area contributed by atoms with Gasteiger partial charge >= 0.3 is 5.97 Å². The molecule has 1 N–H and O–H groups in total. The summed E-state index contributed by atoms with van der Waals surface area (Å²) in [6.45, 7) is 0.267. The number of hydrogen-bond donors (Lipinski definition) is 1. The van der Waals surface area contributed by atoms with E-state index >= 15 is 0 Å². The fraction of sp³-hybridized carbons (Fsp3) is 0.0769. The highest BCUT2D eigenvalue weighted by atomic mass is 35.5. The molecule has 0 unspecified atom stereocenters. The molecule has 0 saturated heterocycles. The fourth-order valence-corrected chi connectivity index (χ4v) is 1.72. The highest BCUT2D eigenvalue weighted by Gasteiger charge is 2.15. The van der Waals surface area contributed by atoms with Gasteiger partial charge in [-0.25, -0.2) is 4.79 Å². The number of rotatable bonds is 4. The summed E-state index contributed by atoms with van der Waals surface area (Å²) in [4.78, 5) is 15.0. The molecule has 0 saturated carbocycles. The van der Waals surface area contributed by atoms with Gasteiger partial charge in [0.2, 0.25) is 0 Å². The third-order valence-electron chi connectivity index (χ3n) is 2.33. The fourth-order valence-electron chi connectivity index (χ4n) is 1.47. The van der Waals surface area contributed by atoms with Crippen molar-refractivity contribution in [2.75, 3.05) is 0 Å².